The lowest BCUT2D eigenvalue weighted by molar-refractivity contribution is -0.339. The highest BCUT2D eigenvalue weighted by molar-refractivity contribution is 5.87. The second kappa shape index (κ2) is 7.61. The van der Waals surface area contributed by atoms with Crippen molar-refractivity contribution in [2.24, 2.45) is 11.8 Å². The third-order valence-electron chi connectivity index (χ3n) is 5.06. The van der Waals surface area contributed by atoms with Gasteiger partial charge in [0.1, 0.15) is 24.4 Å². The predicted molar refractivity (Wildman–Crippen MR) is 82.2 cm³/mol. The molecule has 1 saturated heterocycles. The fourth-order valence-corrected chi connectivity index (χ4v) is 3.62. The number of ether oxygens (including phenoxy) is 3. The van der Waals surface area contributed by atoms with Crippen molar-refractivity contribution in [1.29, 1.82) is 0 Å². The Bertz CT molecular complexity index is 600. The molecule has 10 heteroatoms. The topological polar surface area (TPSA) is 166 Å². The number of rotatable bonds is 5. The Hall–Kier alpha value is -1.53. The van der Waals surface area contributed by atoms with Crippen LogP contribution in [0.2, 0.25) is 0 Å². The fourth-order valence-electron chi connectivity index (χ4n) is 3.62. The highest BCUT2D eigenvalue weighted by Gasteiger charge is 2.49. The second-order valence-corrected chi connectivity index (χ2v) is 6.52. The number of carboxylic acids is 1. The lowest BCUT2D eigenvalue weighted by atomic mass is 9.83. The molecule has 1 fully saturated rings. The zero-order valence-corrected chi connectivity index (χ0v) is 13.7. The van der Waals surface area contributed by atoms with E-state index in [-0.39, 0.29) is 12.2 Å². The summed E-state index contributed by atoms with van der Waals surface area (Å²) in [6.07, 6.45) is -5.21. The second-order valence-electron chi connectivity index (χ2n) is 6.52. The number of carbonyl (C=O) groups is 1. The van der Waals surface area contributed by atoms with Gasteiger partial charge in [-0.05, 0) is 12.0 Å². The van der Waals surface area contributed by atoms with Crippen LogP contribution in [0.3, 0.4) is 0 Å². The summed E-state index contributed by atoms with van der Waals surface area (Å²) < 4.78 is 16.3. The minimum Gasteiger partial charge on any atom is -0.478 e. The summed E-state index contributed by atoms with van der Waals surface area (Å²) in [7, 11) is 0. The van der Waals surface area contributed by atoms with Gasteiger partial charge in [0.05, 0.1) is 31.0 Å². The number of carboxylic acid groups (broad SMARTS) is 1. The van der Waals surface area contributed by atoms with Crippen LogP contribution in [0, 0.1) is 11.8 Å². The lowest BCUT2D eigenvalue weighted by Crippen LogP contribution is -2.60. The van der Waals surface area contributed by atoms with E-state index in [1.807, 2.05) is 0 Å². The molecule has 0 aromatic rings. The van der Waals surface area contributed by atoms with Gasteiger partial charge in [0.2, 0.25) is 6.29 Å². The van der Waals surface area contributed by atoms with Gasteiger partial charge in [-0.2, -0.15) is 0 Å². The normalized spacial score (nSPS) is 42.5. The molecule has 0 aromatic carbocycles. The minimum atomic E-state index is -1.61. The SMILES string of the molecule is O=C(O)C1=COC(OC2OC(CO)C(O)C(O)C2O)[C@@H]2C(CO)=CC[C@@H]12. The van der Waals surface area contributed by atoms with Gasteiger partial charge in [-0.1, -0.05) is 6.08 Å². The van der Waals surface area contributed by atoms with Crippen molar-refractivity contribution in [3.05, 3.63) is 23.5 Å². The standard InChI is InChI=1S/C16H22O10/c17-3-6-1-2-7-8(14(22)23)5-24-15(10(6)7)26-16-13(21)12(20)11(19)9(4-18)25-16/h1,5,7,9-13,15-21H,2-4H2,(H,22,23)/t7-,9?,10+,11?,12?,13?,15?,16?/m0/s1. The molecular weight excluding hydrogens is 352 g/mol. The molecule has 3 rings (SSSR count). The molecule has 3 aliphatic rings. The van der Waals surface area contributed by atoms with E-state index in [1.165, 1.54) is 0 Å². The first-order valence-corrected chi connectivity index (χ1v) is 8.23. The van der Waals surface area contributed by atoms with Crippen LogP contribution in [0.5, 0.6) is 0 Å². The molecule has 0 aromatic heterocycles. The summed E-state index contributed by atoms with van der Waals surface area (Å²) >= 11 is 0. The van der Waals surface area contributed by atoms with Gasteiger partial charge < -0.3 is 44.8 Å². The van der Waals surface area contributed by atoms with Crippen LogP contribution in [0.25, 0.3) is 0 Å². The zero-order chi connectivity index (χ0) is 19.0. The molecule has 1 aliphatic carbocycles. The Morgan fingerprint density at radius 1 is 1.15 bits per heavy atom. The molecule has 10 nitrogen and oxygen atoms in total. The van der Waals surface area contributed by atoms with Gasteiger partial charge in [-0.15, -0.1) is 0 Å². The molecule has 2 heterocycles. The van der Waals surface area contributed by atoms with Gasteiger partial charge in [0, 0.05) is 5.92 Å². The Morgan fingerprint density at radius 2 is 1.88 bits per heavy atom. The molecule has 2 aliphatic heterocycles. The van der Waals surface area contributed by atoms with Crippen molar-refractivity contribution < 1.29 is 49.6 Å². The van der Waals surface area contributed by atoms with Crippen molar-refractivity contribution >= 4 is 5.97 Å². The number of allylic oxidation sites excluding steroid dienone is 1. The van der Waals surface area contributed by atoms with Crippen molar-refractivity contribution in [3.63, 3.8) is 0 Å². The van der Waals surface area contributed by atoms with Crippen LogP contribution in [-0.2, 0) is 19.0 Å². The van der Waals surface area contributed by atoms with Gasteiger partial charge in [0.15, 0.2) is 6.29 Å². The molecule has 8 atom stereocenters. The fraction of sp³-hybridized carbons (Fsp3) is 0.688. The molecule has 0 saturated carbocycles. The summed E-state index contributed by atoms with van der Waals surface area (Å²) in [5, 5.41) is 57.8. The molecule has 146 valence electrons. The first kappa shape index (κ1) is 19.2. The lowest BCUT2D eigenvalue weighted by Gasteiger charge is -2.42. The first-order valence-electron chi connectivity index (χ1n) is 8.23. The van der Waals surface area contributed by atoms with E-state index in [2.05, 4.69) is 0 Å². The van der Waals surface area contributed by atoms with Crippen LogP contribution in [0.4, 0.5) is 0 Å². The summed E-state index contributed by atoms with van der Waals surface area (Å²) in [4.78, 5) is 11.4. The molecule has 6 unspecified atom stereocenters. The molecule has 26 heavy (non-hydrogen) atoms. The van der Waals surface area contributed by atoms with Crippen LogP contribution in [0.1, 0.15) is 6.42 Å². The third-order valence-corrected chi connectivity index (χ3v) is 5.06. The maximum atomic E-state index is 11.4. The molecule has 0 spiro atoms. The molecule has 0 amide bonds. The highest BCUT2D eigenvalue weighted by atomic mass is 16.8. The maximum absolute atomic E-state index is 11.4. The number of aliphatic hydroxyl groups is 5. The van der Waals surface area contributed by atoms with Crippen LogP contribution in [-0.4, -0.2) is 86.8 Å². The van der Waals surface area contributed by atoms with Gasteiger partial charge in [-0.25, -0.2) is 4.79 Å². The Labute approximate surface area is 148 Å². The van der Waals surface area contributed by atoms with E-state index in [0.29, 0.717) is 12.0 Å². The largest absolute Gasteiger partial charge is 0.478 e. The Morgan fingerprint density at radius 3 is 2.50 bits per heavy atom. The quantitative estimate of drug-likeness (QED) is 0.288. The maximum Gasteiger partial charge on any atom is 0.335 e. The van der Waals surface area contributed by atoms with E-state index in [1.54, 1.807) is 6.08 Å². The summed E-state index contributed by atoms with van der Waals surface area (Å²) in [5.41, 5.74) is 0.583. The predicted octanol–water partition coefficient (Wildman–Crippen LogP) is -2.32. The minimum absolute atomic E-state index is 0.0448. The smallest absolute Gasteiger partial charge is 0.335 e. The number of aliphatic carboxylic acids is 1. The van der Waals surface area contributed by atoms with Gasteiger partial charge in [0.25, 0.3) is 0 Å². The third kappa shape index (κ3) is 3.25. The molecule has 0 radical (unpaired) electrons. The van der Waals surface area contributed by atoms with Gasteiger partial charge >= 0.3 is 5.97 Å². The number of hydrogen-bond acceptors (Lipinski definition) is 9. The highest BCUT2D eigenvalue weighted by Crippen LogP contribution is 2.44. The van der Waals surface area contributed by atoms with E-state index in [9.17, 15) is 35.4 Å². The van der Waals surface area contributed by atoms with E-state index < -0.39 is 61.4 Å². The molecule has 0 bridgehead atoms. The Kier molecular flexibility index (Phi) is 5.63. The van der Waals surface area contributed by atoms with Crippen molar-refractivity contribution in [2.75, 3.05) is 13.2 Å². The zero-order valence-electron chi connectivity index (χ0n) is 13.7. The van der Waals surface area contributed by atoms with Crippen molar-refractivity contribution in [3.8, 4) is 0 Å². The number of aliphatic hydroxyl groups excluding tert-OH is 5. The monoisotopic (exact) mass is 374 g/mol. The van der Waals surface area contributed by atoms with Crippen LogP contribution < -0.4 is 0 Å². The van der Waals surface area contributed by atoms with E-state index in [4.69, 9.17) is 14.2 Å². The first-order chi connectivity index (χ1) is 12.4. The average molecular weight is 374 g/mol. The van der Waals surface area contributed by atoms with Crippen LogP contribution >= 0.6 is 0 Å². The molecule has 6 N–H and O–H groups in total. The number of hydrogen-bond donors (Lipinski definition) is 6. The number of fused-ring (bicyclic) bond motifs is 1. The Balaban J connectivity index is 1.80. The van der Waals surface area contributed by atoms with E-state index in [0.717, 1.165) is 6.26 Å². The average Bonchev–Trinajstić information content (AvgIpc) is 3.06. The molecular formula is C16H22O10. The van der Waals surface area contributed by atoms with Gasteiger partial charge in [-0.3, -0.25) is 0 Å². The van der Waals surface area contributed by atoms with E-state index >= 15 is 0 Å². The van der Waals surface area contributed by atoms with Crippen molar-refractivity contribution in [1.82, 2.24) is 0 Å². The van der Waals surface area contributed by atoms with Crippen LogP contribution in [0.15, 0.2) is 23.5 Å². The summed E-state index contributed by atoms with van der Waals surface area (Å²) in [5.74, 6) is -2.22. The van der Waals surface area contributed by atoms with Crippen molar-refractivity contribution in [2.45, 2.75) is 43.4 Å². The summed E-state index contributed by atoms with van der Waals surface area (Å²) in [6.45, 7) is -0.917. The summed E-state index contributed by atoms with van der Waals surface area (Å²) in [6, 6.07) is 0.